The zero-order valence-corrected chi connectivity index (χ0v) is 15.5. The minimum atomic E-state index is -1.15. The molecule has 2 aromatic rings. The van der Waals surface area contributed by atoms with Gasteiger partial charge in [-0.2, -0.15) is 0 Å². The van der Waals surface area contributed by atoms with E-state index < -0.39 is 17.6 Å². The summed E-state index contributed by atoms with van der Waals surface area (Å²) in [7, 11) is 1.26. The smallest absolute Gasteiger partial charge is 0.408 e. The fraction of sp³-hybridized carbons (Fsp3) is 0.318. The third-order valence-corrected chi connectivity index (χ3v) is 5.70. The Bertz CT molecular complexity index is 895. The summed E-state index contributed by atoms with van der Waals surface area (Å²) in [6.07, 6.45) is 0.636. The SMILES string of the molecule is COC(=O)[C@@]1(NC(=O)OCC2c3ccccc3-c3ccccc32)C[C@H]1CC=O. The van der Waals surface area contributed by atoms with Crippen molar-refractivity contribution < 1.29 is 23.9 Å². The van der Waals surface area contributed by atoms with Crippen LogP contribution in [-0.4, -0.2) is 37.6 Å². The minimum Gasteiger partial charge on any atom is -0.467 e. The maximum Gasteiger partial charge on any atom is 0.408 e. The Labute approximate surface area is 162 Å². The number of aldehydes is 1. The molecule has 6 heteroatoms. The Kier molecular flexibility index (Phi) is 4.63. The number of carbonyl (C=O) groups is 3. The fourth-order valence-corrected chi connectivity index (χ4v) is 4.18. The molecule has 28 heavy (non-hydrogen) atoms. The van der Waals surface area contributed by atoms with Gasteiger partial charge in [-0.3, -0.25) is 0 Å². The number of amides is 1. The summed E-state index contributed by atoms with van der Waals surface area (Å²) in [6.45, 7) is 0.162. The van der Waals surface area contributed by atoms with Gasteiger partial charge in [0.2, 0.25) is 0 Å². The summed E-state index contributed by atoms with van der Waals surface area (Å²) in [5.74, 6) is -0.858. The van der Waals surface area contributed by atoms with E-state index in [1.807, 2.05) is 36.4 Å². The first-order valence-electron chi connectivity index (χ1n) is 9.26. The molecule has 1 saturated carbocycles. The molecule has 2 aliphatic rings. The lowest BCUT2D eigenvalue weighted by Gasteiger charge is -2.18. The van der Waals surface area contributed by atoms with Gasteiger partial charge in [-0.25, -0.2) is 9.59 Å². The molecule has 144 valence electrons. The Morgan fingerprint density at radius 1 is 1.11 bits per heavy atom. The molecule has 1 N–H and O–H groups in total. The molecule has 0 radical (unpaired) electrons. The average molecular weight is 379 g/mol. The second-order valence-corrected chi connectivity index (χ2v) is 7.22. The Balaban J connectivity index is 1.47. The number of carbonyl (C=O) groups excluding carboxylic acids is 3. The number of nitrogens with one attached hydrogen (secondary N) is 1. The third kappa shape index (κ3) is 2.95. The maximum absolute atomic E-state index is 12.4. The van der Waals surface area contributed by atoms with E-state index in [4.69, 9.17) is 9.47 Å². The van der Waals surface area contributed by atoms with Crippen molar-refractivity contribution in [2.24, 2.45) is 5.92 Å². The molecule has 4 rings (SSSR count). The molecule has 0 saturated heterocycles. The number of hydrogen-bond acceptors (Lipinski definition) is 5. The van der Waals surface area contributed by atoms with Crippen molar-refractivity contribution in [3.63, 3.8) is 0 Å². The van der Waals surface area contributed by atoms with Crippen LogP contribution in [0.5, 0.6) is 0 Å². The first kappa shape index (κ1) is 18.2. The second kappa shape index (κ2) is 7.11. The summed E-state index contributed by atoms with van der Waals surface area (Å²) in [5, 5.41) is 2.63. The van der Waals surface area contributed by atoms with E-state index in [1.54, 1.807) is 0 Å². The van der Waals surface area contributed by atoms with Crippen LogP contribution in [0, 0.1) is 5.92 Å². The van der Waals surface area contributed by atoms with Crippen LogP contribution in [0.15, 0.2) is 48.5 Å². The van der Waals surface area contributed by atoms with Crippen molar-refractivity contribution in [2.75, 3.05) is 13.7 Å². The number of hydrogen-bond donors (Lipinski definition) is 1. The number of fused-ring (bicyclic) bond motifs is 3. The van der Waals surface area contributed by atoms with Gasteiger partial charge in [0.15, 0.2) is 0 Å². The summed E-state index contributed by atoms with van der Waals surface area (Å²) < 4.78 is 10.3. The number of benzene rings is 2. The molecule has 0 spiro atoms. The highest BCUT2D eigenvalue weighted by Gasteiger charge is 2.62. The lowest BCUT2D eigenvalue weighted by molar-refractivity contribution is -0.144. The van der Waals surface area contributed by atoms with E-state index in [-0.39, 0.29) is 24.9 Å². The number of alkyl carbamates (subject to hydrolysis) is 1. The van der Waals surface area contributed by atoms with Crippen LogP contribution in [0.25, 0.3) is 11.1 Å². The van der Waals surface area contributed by atoms with E-state index >= 15 is 0 Å². The molecule has 0 bridgehead atoms. The van der Waals surface area contributed by atoms with Gasteiger partial charge in [0.05, 0.1) is 7.11 Å². The molecule has 2 aromatic carbocycles. The summed E-state index contributed by atoms with van der Waals surface area (Å²) in [4.78, 5) is 35.3. The standard InChI is InChI=1S/C22H21NO5/c1-27-20(25)22(12-14(22)10-11-24)23-21(26)28-13-19-17-8-4-2-6-15(17)16-7-3-5-9-18(16)19/h2-9,11,14,19H,10,12-13H2,1H3,(H,23,26)/t14-,22-/m1/s1. The van der Waals surface area contributed by atoms with Crippen molar-refractivity contribution >= 4 is 18.3 Å². The molecule has 0 aromatic heterocycles. The monoisotopic (exact) mass is 379 g/mol. The first-order valence-corrected chi connectivity index (χ1v) is 9.26. The Hall–Kier alpha value is -3.15. The third-order valence-electron chi connectivity index (χ3n) is 5.70. The first-order chi connectivity index (χ1) is 13.6. The maximum atomic E-state index is 12.4. The van der Waals surface area contributed by atoms with Gasteiger partial charge in [0, 0.05) is 18.3 Å². The number of ether oxygens (including phenoxy) is 2. The summed E-state index contributed by atoms with van der Waals surface area (Å²) in [5.41, 5.74) is 3.37. The normalized spacial score (nSPS) is 22.0. The summed E-state index contributed by atoms with van der Waals surface area (Å²) in [6, 6.07) is 16.1. The Morgan fingerprint density at radius 3 is 2.29 bits per heavy atom. The van der Waals surface area contributed by atoms with Crippen molar-refractivity contribution in [3.8, 4) is 11.1 Å². The van der Waals surface area contributed by atoms with Crippen LogP contribution in [0.4, 0.5) is 4.79 Å². The zero-order valence-electron chi connectivity index (χ0n) is 15.5. The number of methoxy groups -OCH3 is 1. The molecular weight excluding hydrogens is 358 g/mol. The van der Waals surface area contributed by atoms with Gasteiger partial charge in [-0.1, -0.05) is 48.5 Å². The molecular formula is C22H21NO5. The van der Waals surface area contributed by atoms with Crippen LogP contribution < -0.4 is 5.32 Å². The van der Waals surface area contributed by atoms with Crippen LogP contribution in [0.2, 0.25) is 0 Å². The van der Waals surface area contributed by atoms with E-state index in [2.05, 4.69) is 17.4 Å². The van der Waals surface area contributed by atoms with Crippen LogP contribution >= 0.6 is 0 Å². The van der Waals surface area contributed by atoms with E-state index in [0.29, 0.717) is 6.42 Å². The van der Waals surface area contributed by atoms with Crippen molar-refractivity contribution in [3.05, 3.63) is 59.7 Å². The van der Waals surface area contributed by atoms with Crippen LogP contribution in [0.3, 0.4) is 0 Å². The van der Waals surface area contributed by atoms with Gasteiger partial charge in [-0.15, -0.1) is 0 Å². The zero-order chi connectivity index (χ0) is 19.7. The van der Waals surface area contributed by atoms with Gasteiger partial charge < -0.3 is 19.6 Å². The quantitative estimate of drug-likeness (QED) is 0.616. The van der Waals surface area contributed by atoms with Crippen LogP contribution in [0.1, 0.15) is 29.9 Å². The number of esters is 1. The highest BCUT2D eigenvalue weighted by atomic mass is 16.6. The number of rotatable bonds is 6. The van der Waals surface area contributed by atoms with Crippen LogP contribution in [-0.2, 0) is 19.1 Å². The lowest BCUT2D eigenvalue weighted by atomic mass is 9.98. The van der Waals surface area contributed by atoms with Gasteiger partial charge >= 0.3 is 12.1 Å². The lowest BCUT2D eigenvalue weighted by Crippen LogP contribution is -2.46. The van der Waals surface area contributed by atoms with E-state index in [1.165, 1.54) is 7.11 Å². The summed E-state index contributed by atoms with van der Waals surface area (Å²) >= 11 is 0. The predicted molar refractivity (Wildman–Crippen MR) is 102 cm³/mol. The largest absolute Gasteiger partial charge is 0.467 e. The average Bonchev–Trinajstić information content (AvgIpc) is 3.31. The highest BCUT2D eigenvalue weighted by Crippen LogP contribution is 2.47. The molecule has 2 atom stereocenters. The molecule has 1 amide bonds. The van der Waals surface area contributed by atoms with Crippen molar-refractivity contribution in [1.29, 1.82) is 0 Å². The molecule has 6 nitrogen and oxygen atoms in total. The van der Waals surface area contributed by atoms with Crippen molar-refractivity contribution in [1.82, 2.24) is 5.32 Å². The van der Waals surface area contributed by atoms with Crippen molar-refractivity contribution in [2.45, 2.75) is 24.3 Å². The van der Waals surface area contributed by atoms with Gasteiger partial charge in [0.25, 0.3) is 0 Å². The molecule has 0 unspecified atom stereocenters. The second-order valence-electron chi connectivity index (χ2n) is 7.22. The fourth-order valence-electron chi connectivity index (χ4n) is 4.18. The highest BCUT2D eigenvalue weighted by molar-refractivity contribution is 5.90. The van der Waals surface area contributed by atoms with Gasteiger partial charge in [0.1, 0.15) is 18.4 Å². The molecule has 2 aliphatic carbocycles. The van der Waals surface area contributed by atoms with E-state index in [9.17, 15) is 14.4 Å². The van der Waals surface area contributed by atoms with E-state index in [0.717, 1.165) is 28.5 Å². The molecule has 0 heterocycles. The van der Waals surface area contributed by atoms with Gasteiger partial charge in [-0.05, 0) is 28.7 Å². The minimum absolute atomic E-state index is 0.0581. The predicted octanol–water partition coefficient (Wildman–Crippen LogP) is 3.05. The topological polar surface area (TPSA) is 81.7 Å². The Morgan fingerprint density at radius 2 is 1.71 bits per heavy atom. The molecule has 1 fully saturated rings. The molecule has 0 aliphatic heterocycles.